The molecule has 6 aliphatic heterocycles. The first-order valence-electron chi connectivity index (χ1n) is 13.2. The van der Waals surface area contributed by atoms with Crippen LogP contribution in [0.2, 0.25) is 0 Å². The van der Waals surface area contributed by atoms with E-state index >= 15 is 0 Å². The van der Waals surface area contributed by atoms with Crippen molar-refractivity contribution in [1.82, 2.24) is 35.4 Å². The van der Waals surface area contributed by atoms with Gasteiger partial charge in [-0.1, -0.05) is 6.42 Å². The lowest BCUT2D eigenvalue weighted by Gasteiger charge is -2.63. The third kappa shape index (κ3) is 3.20. The summed E-state index contributed by atoms with van der Waals surface area (Å²) in [6.07, 6.45) is 9.85. The van der Waals surface area contributed by atoms with Gasteiger partial charge in [0.2, 0.25) is 5.85 Å². The molecule has 0 saturated carbocycles. The second-order valence-corrected chi connectivity index (χ2v) is 10.3. The van der Waals surface area contributed by atoms with Gasteiger partial charge in [-0.25, -0.2) is 0 Å². The Labute approximate surface area is 193 Å². The molecule has 0 radical (unpaired) electrons. The minimum Gasteiger partial charge on any atom is -0.337 e. The van der Waals surface area contributed by atoms with Gasteiger partial charge in [0, 0.05) is 58.9 Å². The van der Waals surface area contributed by atoms with Gasteiger partial charge in [-0.3, -0.25) is 25.1 Å². The summed E-state index contributed by atoms with van der Waals surface area (Å²) < 4.78 is 7.21. The van der Waals surface area contributed by atoms with Crippen molar-refractivity contribution in [2.45, 2.75) is 56.1 Å². The van der Waals surface area contributed by atoms with Crippen LogP contribution in [-0.2, 0) is 4.74 Å². The maximum absolute atomic E-state index is 7.21. The maximum Gasteiger partial charge on any atom is 0.249 e. The van der Waals surface area contributed by atoms with Gasteiger partial charge in [-0.2, -0.15) is 5.01 Å². The van der Waals surface area contributed by atoms with Gasteiger partial charge in [0.1, 0.15) is 0 Å². The number of likely N-dealkylation sites (tertiary alicyclic amines) is 2. The monoisotopic (exact) mass is 446 g/mol. The molecule has 0 aliphatic carbocycles. The molecule has 5 fully saturated rings. The Morgan fingerprint density at radius 3 is 2.22 bits per heavy atom. The summed E-state index contributed by atoms with van der Waals surface area (Å²) >= 11 is 0. The van der Waals surface area contributed by atoms with Crippen LogP contribution in [0.15, 0.2) is 4.99 Å². The Morgan fingerprint density at radius 1 is 0.781 bits per heavy atom. The summed E-state index contributed by atoms with van der Waals surface area (Å²) in [6.45, 7) is 13.6. The molecule has 3 unspecified atom stereocenters. The van der Waals surface area contributed by atoms with E-state index in [0.29, 0.717) is 6.04 Å². The summed E-state index contributed by atoms with van der Waals surface area (Å²) in [7, 11) is 0. The zero-order valence-corrected chi connectivity index (χ0v) is 19.7. The van der Waals surface area contributed by atoms with Crippen molar-refractivity contribution >= 4 is 6.34 Å². The Kier molecular flexibility index (Phi) is 6.17. The first kappa shape index (κ1) is 21.7. The molecule has 0 aromatic rings. The first-order chi connectivity index (χ1) is 15.9. The Balaban J connectivity index is 1.53. The zero-order valence-electron chi connectivity index (χ0n) is 19.7. The van der Waals surface area contributed by atoms with Crippen molar-refractivity contribution in [3.63, 3.8) is 0 Å². The van der Waals surface area contributed by atoms with Crippen LogP contribution < -0.4 is 10.7 Å². The molecule has 9 heteroatoms. The number of ether oxygens (including phenoxy) is 1. The number of hydrogen-bond donors (Lipinski definition) is 2. The average molecular weight is 447 g/mol. The molecule has 180 valence electrons. The number of piperazine rings is 1. The van der Waals surface area contributed by atoms with Crippen LogP contribution in [0.5, 0.6) is 0 Å². The van der Waals surface area contributed by atoms with E-state index in [0.717, 1.165) is 72.1 Å². The standard InChI is InChI=1S/C23H42N8O/c1-2-11-27(12-3-1)21-19-32-23(30-18-10-25-20-30,31-15-6-7-26-31)22(21,28-13-4-5-14-28)29-16-8-24-9-17-29/h20-21,24,26H,1-19H2. The highest BCUT2D eigenvalue weighted by atomic mass is 16.6. The Morgan fingerprint density at radius 2 is 1.53 bits per heavy atom. The quantitative estimate of drug-likeness (QED) is 0.601. The highest BCUT2D eigenvalue weighted by Gasteiger charge is 2.74. The Hall–Kier alpha value is -0.810. The molecule has 5 saturated heterocycles. The number of hydrazine groups is 1. The summed E-state index contributed by atoms with van der Waals surface area (Å²) in [5, 5.41) is 6.10. The largest absolute Gasteiger partial charge is 0.337 e. The van der Waals surface area contributed by atoms with E-state index < -0.39 is 5.85 Å². The molecule has 0 aromatic heterocycles. The fourth-order valence-electron chi connectivity index (χ4n) is 7.45. The molecule has 2 N–H and O–H groups in total. The van der Waals surface area contributed by atoms with E-state index in [1.165, 1.54) is 51.6 Å². The third-order valence-electron chi connectivity index (χ3n) is 8.71. The summed E-state index contributed by atoms with van der Waals surface area (Å²) in [5.41, 5.74) is 3.56. The van der Waals surface area contributed by atoms with Crippen LogP contribution in [0, 0.1) is 0 Å². The van der Waals surface area contributed by atoms with Crippen molar-refractivity contribution in [2.24, 2.45) is 4.99 Å². The summed E-state index contributed by atoms with van der Waals surface area (Å²) in [4.78, 5) is 15.6. The number of nitrogens with zero attached hydrogens (tertiary/aromatic N) is 6. The van der Waals surface area contributed by atoms with Crippen molar-refractivity contribution < 1.29 is 4.74 Å². The number of hydrogen-bond acceptors (Lipinski definition) is 9. The normalized spacial score (nSPS) is 40.8. The van der Waals surface area contributed by atoms with Crippen molar-refractivity contribution in [2.75, 3.05) is 85.1 Å². The molecule has 6 rings (SSSR count). The number of rotatable bonds is 5. The SMILES string of the molecule is C1=NCCN1C1(N2CCCN2)OCC(N2CCCCC2)C1(N1CCCC1)N1CCNCC1. The minimum absolute atomic E-state index is 0.212. The van der Waals surface area contributed by atoms with Crippen molar-refractivity contribution in [1.29, 1.82) is 0 Å². The second kappa shape index (κ2) is 9.09. The lowest BCUT2D eigenvalue weighted by Crippen LogP contribution is -2.86. The third-order valence-corrected chi connectivity index (χ3v) is 8.71. The van der Waals surface area contributed by atoms with Gasteiger partial charge >= 0.3 is 0 Å². The smallest absolute Gasteiger partial charge is 0.249 e. The average Bonchev–Trinajstić information content (AvgIpc) is 3.65. The van der Waals surface area contributed by atoms with E-state index in [4.69, 9.17) is 9.73 Å². The fourth-order valence-corrected chi connectivity index (χ4v) is 7.45. The highest BCUT2D eigenvalue weighted by Crippen LogP contribution is 2.51. The summed E-state index contributed by atoms with van der Waals surface area (Å²) in [5.74, 6) is -0.548. The molecular weight excluding hydrogens is 404 g/mol. The van der Waals surface area contributed by atoms with E-state index in [9.17, 15) is 0 Å². The van der Waals surface area contributed by atoms with Gasteiger partial charge in [-0.05, 0) is 45.2 Å². The van der Waals surface area contributed by atoms with E-state index in [1.54, 1.807) is 0 Å². The molecule has 0 bridgehead atoms. The van der Waals surface area contributed by atoms with Crippen LogP contribution in [0.4, 0.5) is 0 Å². The Bertz CT molecular complexity index is 669. The summed E-state index contributed by atoms with van der Waals surface area (Å²) in [6, 6.07) is 0.371. The molecule has 32 heavy (non-hydrogen) atoms. The molecule has 0 amide bonds. The second-order valence-electron chi connectivity index (χ2n) is 10.3. The van der Waals surface area contributed by atoms with Crippen LogP contribution >= 0.6 is 0 Å². The van der Waals surface area contributed by atoms with Crippen LogP contribution in [0.1, 0.15) is 38.5 Å². The predicted molar refractivity (Wildman–Crippen MR) is 125 cm³/mol. The lowest BCUT2D eigenvalue weighted by atomic mass is 9.87. The van der Waals surface area contributed by atoms with E-state index in [-0.39, 0.29) is 5.66 Å². The molecule has 9 nitrogen and oxygen atoms in total. The first-order valence-corrected chi connectivity index (χ1v) is 13.2. The fraction of sp³-hybridized carbons (Fsp3) is 0.957. The lowest BCUT2D eigenvalue weighted by molar-refractivity contribution is -0.299. The van der Waals surface area contributed by atoms with Gasteiger partial charge in [0.25, 0.3) is 0 Å². The molecule has 6 heterocycles. The van der Waals surface area contributed by atoms with E-state index in [1.807, 2.05) is 0 Å². The molecule has 0 spiro atoms. The van der Waals surface area contributed by atoms with Gasteiger partial charge in [0.15, 0.2) is 5.66 Å². The van der Waals surface area contributed by atoms with Crippen LogP contribution in [-0.4, -0.2) is 134 Å². The van der Waals surface area contributed by atoms with Crippen molar-refractivity contribution in [3.05, 3.63) is 0 Å². The predicted octanol–water partition coefficient (Wildman–Crippen LogP) is -0.224. The number of piperidine rings is 1. The van der Waals surface area contributed by atoms with Crippen LogP contribution in [0.25, 0.3) is 0 Å². The van der Waals surface area contributed by atoms with Crippen molar-refractivity contribution in [3.8, 4) is 0 Å². The van der Waals surface area contributed by atoms with Gasteiger partial charge in [-0.15, -0.1) is 0 Å². The molecule has 3 atom stereocenters. The minimum atomic E-state index is -0.548. The van der Waals surface area contributed by atoms with Gasteiger partial charge in [0.05, 0.1) is 25.5 Å². The number of aliphatic imine (C=N–C) groups is 1. The van der Waals surface area contributed by atoms with E-state index in [2.05, 4.69) is 41.7 Å². The van der Waals surface area contributed by atoms with Crippen LogP contribution in [0.3, 0.4) is 0 Å². The molecular formula is C23H42N8O. The number of nitrogens with one attached hydrogen (secondary N) is 2. The molecule has 6 aliphatic rings. The maximum atomic E-state index is 7.21. The molecule has 0 aromatic carbocycles. The topological polar surface area (TPSA) is 61.9 Å². The highest BCUT2D eigenvalue weighted by molar-refractivity contribution is 5.59. The zero-order chi connectivity index (χ0) is 21.4. The van der Waals surface area contributed by atoms with Gasteiger partial charge < -0.3 is 15.0 Å².